The Bertz CT molecular complexity index is 1060. The number of methoxy groups -OCH3 is 2. The van der Waals surface area contributed by atoms with Gasteiger partial charge >= 0.3 is 0 Å². The fourth-order valence-electron chi connectivity index (χ4n) is 3.84. The lowest BCUT2D eigenvalue weighted by Gasteiger charge is -2.17. The van der Waals surface area contributed by atoms with Crippen LogP contribution in [-0.4, -0.2) is 33.2 Å². The van der Waals surface area contributed by atoms with Crippen LogP contribution in [0.5, 0.6) is 17.2 Å². The zero-order chi connectivity index (χ0) is 24.3. The van der Waals surface area contributed by atoms with E-state index >= 15 is 0 Å². The molecule has 2 N–H and O–H groups in total. The quantitative estimate of drug-likeness (QED) is 0.376. The van der Waals surface area contributed by atoms with Crippen molar-refractivity contribution >= 4 is 5.91 Å². The number of carbonyl (C=O) groups is 1. The molecule has 0 aliphatic rings. The second kappa shape index (κ2) is 12.7. The zero-order valence-electron chi connectivity index (χ0n) is 20.4. The van der Waals surface area contributed by atoms with Gasteiger partial charge in [0.25, 0.3) is 0 Å². The molecule has 180 valence electrons. The lowest BCUT2D eigenvalue weighted by molar-refractivity contribution is -0.118. The number of rotatable bonds is 12. The summed E-state index contributed by atoms with van der Waals surface area (Å²) in [6.45, 7) is 6.09. The van der Waals surface area contributed by atoms with Crippen molar-refractivity contribution in [3.8, 4) is 28.4 Å². The van der Waals surface area contributed by atoms with Gasteiger partial charge in [-0.3, -0.25) is 4.79 Å². The molecule has 0 aliphatic heterocycles. The number of nitrogens with one attached hydrogen (secondary N) is 2. The molecule has 0 spiro atoms. The molecule has 34 heavy (non-hydrogen) atoms. The highest BCUT2D eigenvalue weighted by Crippen LogP contribution is 2.35. The summed E-state index contributed by atoms with van der Waals surface area (Å²) in [5.41, 5.74) is 5.66. The number of ether oxygens (including phenoxy) is 3. The molecule has 0 radical (unpaired) electrons. The highest BCUT2D eigenvalue weighted by Gasteiger charge is 2.14. The third-order valence-corrected chi connectivity index (χ3v) is 5.71. The summed E-state index contributed by atoms with van der Waals surface area (Å²) in [7, 11) is 3.29. The van der Waals surface area contributed by atoms with E-state index < -0.39 is 0 Å². The molecule has 3 aromatic carbocycles. The van der Waals surface area contributed by atoms with Crippen LogP contribution < -0.4 is 24.8 Å². The average Bonchev–Trinajstić information content (AvgIpc) is 2.85. The first-order chi connectivity index (χ1) is 16.5. The lowest BCUT2D eigenvalue weighted by atomic mass is 9.97. The van der Waals surface area contributed by atoms with Crippen LogP contribution in [0.15, 0.2) is 60.7 Å². The SMILES string of the molecule is COc1cc(OCc2cccc(-c3ccccc3)c2C)cc(OC)c1CNCCCNC(C)=O. The number of hydrogen-bond donors (Lipinski definition) is 2. The smallest absolute Gasteiger partial charge is 0.216 e. The van der Waals surface area contributed by atoms with Gasteiger partial charge in [0.2, 0.25) is 5.91 Å². The summed E-state index contributed by atoms with van der Waals surface area (Å²) >= 11 is 0. The zero-order valence-corrected chi connectivity index (χ0v) is 20.4. The summed E-state index contributed by atoms with van der Waals surface area (Å²) in [6.07, 6.45) is 0.840. The van der Waals surface area contributed by atoms with Crippen molar-refractivity contribution in [2.45, 2.75) is 33.4 Å². The maximum Gasteiger partial charge on any atom is 0.216 e. The molecular formula is C28H34N2O4. The Morgan fingerprint density at radius 3 is 2.26 bits per heavy atom. The van der Waals surface area contributed by atoms with Crippen LogP contribution in [0.25, 0.3) is 11.1 Å². The van der Waals surface area contributed by atoms with Crippen molar-refractivity contribution in [2.24, 2.45) is 0 Å². The molecule has 0 aliphatic carbocycles. The Kier molecular flexibility index (Phi) is 9.35. The maximum absolute atomic E-state index is 11.0. The topological polar surface area (TPSA) is 68.8 Å². The Balaban J connectivity index is 1.68. The summed E-state index contributed by atoms with van der Waals surface area (Å²) in [5.74, 6) is 2.09. The average molecular weight is 463 g/mol. The third kappa shape index (κ3) is 6.75. The second-order valence-corrected chi connectivity index (χ2v) is 8.06. The molecule has 0 bridgehead atoms. The maximum atomic E-state index is 11.0. The first kappa shape index (κ1) is 25.1. The third-order valence-electron chi connectivity index (χ3n) is 5.71. The molecule has 0 saturated carbocycles. The van der Waals surface area contributed by atoms with Crippen LogP contribution in [0.3, 0.4) is 0 Å². The van der Waals surface area contributed by atoms with Gasteiger partial charge in [-0.1, -0.05) is 48.5 Å². The van der Waals surface area contributed by atoms with E-state index in [-0.39, 0.29) is 5.91 Å². The van der Waals surface area contributed by atoms with Gasteiger partial charge in [0, 0.05) is 32.1 Å². The minimum absolute atomic E-state index is 0.0130. The predicted octanol–water partition coefficient (Wildman–Crippen LogP) is 4.87. The van der Waals surface area contributed by atoms with Gasteiger partial charge < -0.3 is 24.8 Å². The fraction of sp³-hybridized carbons (Fsp3) is 0.321. The minimum atomic E-state index is -0.0130. The molecule has 6 nitrogen and oxygen atoms in total. The van der Waals surface area contributed by atoms with Crippen LogP contribution in [0.1, 0.15) is 30.0 Å². The molecule has 6 heteroatoms. The number of hydrogen-bond acceptors (Lipinski definition) is 5. The molecule has 3 aromatic rings. The Morgan fingerprint density at radius 1 is 0.912 bits per heavy atom. The monoisotopic (exact) mass is 462 g/mol. The Morgan fingerprint density at radius 2 is 1.62 bits per heavy atom. The van der Waals surface area contributed by atoms with Gasteiger partial charge in [-0.2, -0.15) is 0 Å². The van der Waals surface area contributed by atoms with Crippen LogP contribution >= 0.6 is 0 Å². The molecule has 0 aromatic heterocycles. The van der Waals surface area contributed by atoms with Crippen molar-refractivity contribution in [3.63, 3.8) is 0 Å². The highest BCUT2D eigenvalue weighted by atomic mass is 16.5. The normalized spacial score (nSPS) is 10.6. The predicted molar refractivity (Wildman–Crippen MR) is 136 cm³/mol. The van der Waals surface area contributed by atoms with Gasteiger partial charge in [0.05, 0.1) is 19.8 Å². The summed E-state index contributed by atoms with van der Waals surface area (Å²) in [6, 6.07) is 20.5. The fourth-order valence-corrected chi connectivity index (χ4v) is 3.84. The van der Waals surface area contributed by atoms with Gasteiger partial charge in [-0.25, -0.2) is 0 Å². The molecule has 3 rings (SSSR count). The second-order valence-electron chi connectivity index (χ2n) is 8.06. The van der Waals surface area contributed by atoms with E-state index in [1.54, 1.807) is 14.2 Å². The van der Waals surface area contributed by atoms with E-state index in [0.29, 0.717) is 36.9 Å². The molecular weight excluding hydrogens is 428 g/mol. The van der Waals surface area contributed by atoms with Crippen molar-refractivity contribution in [1.82, 2.24) is 10.6 Å². The van der Waals surface area contributed by atoms with Crippen molar-refractivity contribution in [3.05, 3.63) is 77.4 Å². The van der Waals surface area contributed by atoms with Gasteiger partial charge in [-0.05, 0) is 42.1 Å². The minimum Gasteiger partial charge on any atom is -0.496 e. The van der Waals surface area contributed by atoms with E-state index in [4.69, 9.17) is 14.2 Å². The lowest BCUT2D eigenvalue weighted by Crippen LogP contribution is -2.25. The number of carbonyl (C=O) groups excluding carboxylic acids is 1. The van der Waals surface area contributed by atoms with E-state index in [0.717, 1.165) is 24.1 Å². The summed E-state index contributed by atoms with van der Waals surface area (Å²) < 4.78 is 17.4. The summed E-state index contributed by atoms with van der Waals surface area (Å²) in [5, 5.41) is 6.18. The van der Waals surface area contributed by atoms with Crippen molar-refractivity contribution in [1.29, 1.82) is 0 Å². The summed E-state index contributed by atoms with van der Waals surface area (Å²) in [4.78, 5) is 11.0. The highest BCUT2D eigenvalue weighted by molar-refractivity contribution is 5.72. The van der Waals surface area contributed by atoms with Crippen LogP contribution in [0.4, 0.5) is 0 Å². The van der Waals surface area contributed by atoms with Gasteiger partial charge in [0.1, 0.15) is 23.9 Å². The first-order valence-electron chi connectivity index (χ1n) is 11.5. The van der Waals surface area contributed by atoms with E-state index in [2.05, 4.69) is 60.0 Å². The number of benzene rings is 3. The molecule has 0 unspecified atom stereocenters. The molecule has 0 saturated heterocycles. The van der Waals surface area contributed by atoms with Crippen LogP contribution in [-0.2, 0) is 17.9 Å². The standard InChI is InChI=1S/C28H34N2O4/c1-20-23(12-8-13-25(20)22-10-6-5-7-11-22)19-34-24-16-27(32-3)26(28(17-24)33-4)18-29-14-9-15-30-21(2)31/h5-8,10-13,16-17,29H,9,14-15,18-19H2,1-4H3,(H,30,31). The van der Waals surface area contributed by atoms with E-state index in [1.807, 2.05) is 18.2 Å². The molecule has 0 atom stereocenters. The van der Waals surface area contributed by atoms with E-state index in [1.165, 1.54) is 23.6 Å². The van der Waals surface area contributed by atoms with Crippen molar-refractivity contribution < 1.29 is 19.0 Å². The van der Waals surface area contributed by atoms with Crippen molar-refractivity contribution in [2.75, 3.05) is 27.3 Å². The Labute approximate surface area is 202 Å². The molecule has 1 amide bonds. The molecule has 0 heterocycles. The van der Waals surface area contributed by atoms with Gasteiger partial charge in [-0.15, -0.1) is 0 Å². The Hall–Kier alpha value is -3.51. The number of amides is 1. The van der Waals surface area contributed by atoms with Crippen LogP contribution in [0.2, 0.25) is 0 Å². The van der Waals surface area contributed by atoms with Gasteiger partial charge in [0.15, 0.2) is 0 Å². The first-order valence-corrected chi connectivity index (χ1v) is 11.5. The molecule has 0 fully saturated rings. The van der Waals surface area contributed by atoms with Crippen LogP contribution in [0, 0.1) is 6.92 Å². The largest absolute Gasteiger partial charge is 0.496 e. The van der Waals surface area contributed by atoms with E-state index in [9.17, 15) is 4.79 Å².